The van der Waals surface area contributed by atoms with Gasteiger partial charge in [-0.2, -0.15) is 0 Å². The van der Waals surface area contributed by atoms with Gasteiger partial charge in [-0.1, -0.05) is 26.0 Å². The summed E-state index contributed by atoms with van der Waals surface area (Å²) in [5, 5.41) is 2.78. The molecule has 1 aromatic carbocycles. The van der Waals surface area contributed by atoms with Crippen LogP contribution in [-0.4, -0.2) is 25.1 Å². The zero-order valence-corrected chi connectivity index (χ0v) is 13.9. The Bertz CT molecular complexity index is 661. The van der Waals surface area contributed by atoms with Crippen LogP contribution in [-0.2, 0) is 16.1 Å². The maximum Gasteiger partial charge on any atom is 0.375 e. The molecule has 1 heterocycles. The second-order valence-electron chi connectivity index (χ2n) is 5.61. The van der Waals surface area contributed by atoms with Crippen molar-refractivity contribution in [2.24, 2.45) is 5.92 Å². The van der Waals surface area contributed by atoms with E-state index in [0.717, 1.165) is 11.3 Å². The van der Waals surface area contributed by atoms with Crippen molar-refractivity contribution in [3.63, 3.8) is 0 Å². The lowest BCUT2D eigenvalue weighted by molar-refractivity contribution is -0.132. The molecule has 6 nitrogen and oxygen atoms in total. The normalized spacial score (nSPS) is 11.8. The first-order valence-electron chi connectivity index (χ1n) is 7.66. The Labute approximate surface area is 140 Å². The SMILES string of the molecule is COc1ccc(CNC(=O)C(OC(=O)c2ccco2)C(C)C)cc1. The Morgan fingerprint density at radius 3 is 2.42 bits per heavy atom. The van der Waals surface area contributed by atoms with Gasteiger partial charge in [0.25, 0.3) is 5.91 Å². The molecule has 24 heavy (non-hydrogen) atoms. The first kappa shape index (κ1) is 17.6. The van der Waals surface area contributed by atoms with Gasteiger partial charge in [0.15, 0.2) is 6.10 Å². The second kappa shape index (κ2) is 8.19. The molecule has 0 radical (unpaired) electrons. The van der Waals surface area contributed by atoms with Crippen LogP contribution in [0, 0.1) is 5.92 Å². The number of benzene rings is 1. The number of carbonyl (C=O) groups excluding carboxylic acids is 2. The van der Waals surface area contributed by atoms with Gasteiger partial charge < -0.3 is 19.2 Å². The van der Waals surface area contributed by atoms with Gasteiger partial charge in [-0.3, -0.25) is 4.79 Å². The summed E-state index contributed by atoms with van der Waals surface area (Å²) in [5.74, 6) is -0.347. The number of methoxy groups -OCH3 is 1. The van der Waals surface area contributed by atoms with E-state index in [2.05, 4.69) is 5.32 Å². The molecule has 6 heteroatoms. The van der Waals surface area contributed by atoms with Crippen LogP contribution in [0.5, 0.6) is 5.75 Å². The van der Waals surface area contributed by atoms with Gasteiger partial charge in [0, 0.05) is 6.54 Å². The third kappa shape index (κ3) is 4.62. The summed E-state index contributed by atoms with van der Waals surface area (Å²) in [6, 6.07) is 10.4. The molecular formula is C18H21NO5. The Morgan fingerprint density at radius 1 is 1.17 bits per heavy atom. The van der Waals surface area contributed by atoms with Crippen LogP contribution in [0.15, 0.2) is 47.1 Å². The summed E-state index contributed by atoms with van der Waals surface area (Å²) in [6.07, 6.45) is 0.492. The molecule has 1 unspecified atom stereocenters. The topological polar surface area (TPSA) is 77.8 Å². The minimum Gasteiger partial charge on any atom is -0.497 e. The molecule has 1 atom stereocenters. The van der Waals surface area contributed by atoms with Crippen LogP contribution in [0.2, 0.25) is 0 Å². The molecule has 0 aliphatic carbocycles. The molecule has 1 N–H and O–H groups in total. The monoisotopic (exact) mass is 331 g/mol. The van der Waals surface area contributed by atoms with Gasteiger partial charge in [0.1, 0.15) is 5.75 Å². The minimum absolute atomic E-state index is 0.0728. The lowest BCUT2D eigenvalue weighted by Gasteiger charge is -2.20. The summed E-state index contributed by atoms with van der Waals surface area (Å²) >= 11 is 0. The zero-order chi connectivity index (χ0) is 17.5. The number of carbonyl (C=O) groups is 2. The largest absolute Gasteiger partial charge is 0.497 e. The van der Waals surface area contributed by atoms with Gasteiger partial charge in [0.05, 0.1) is 13.4 Å². The van der Waals surface area contributed by atoms with Gasteiger partial charge in [-0.25, -0.2) is 4.79 Å². The van der Waals surface area contributed by atoms with E-state index in [-0.39, 0.29) is 17.6 Å². The molecule has 128 valence electrons. The summed E-state index contributed by atoms with van der Waals surface area (Å²) in [5.41, 5.74) is 0.920. The first-order valence-corrected chi connectivity index (χ1v) is 7.66. The predicted molar refractivity (Wildman–Crippen MR) is 87.6 cm³/mol. The van der Waals surface area contributed by atoms with Crippen molar-refractivity contribution in [2.75, 3.05) is 7.11 Å². The molecule has 0 saturated heterocycles. The molecule has 0 saturated carbocycles. The summed E-state index contributed by atoms with van der Waals surface area (Å²) < 4.78 is 15.4. The molecule has 0 fully saturated rings. The van der Waals surface area contributed by atoms with E-state index in [1.807, 2.05) is 38.1 Å². The Kier molecular flexibility index (Phi) is 6.01. The Hall–Kier alpha value is -2.76. The van der Waals surface area contributed by atoms with Crippen LogP contribution in [0.3, 0.4) is 0 Å². The van der Waals surface area contributed by atoms with Crippen molar-refractivity contribution in [3.05, 3.63) is 54.0 Å². The van der Waals surface area contributed by atoms with Crippen molar-refractivity contribution < 1.29 is 23.5 Å². The number of furan rings is 1. The summed E-state index contributed by atoms with van der Waals surface area (Å²) in [7, 11) is 1.59. The highest BCUT2D eigenvalue weighted by Crippen LogP contribution is 2.13. The van der Waals surface area contributed by atoms with E-state index in [1.165, 1.54) is 12.3 Å². The van der Waals surface area contributed by atoms with Gasteiger partial charge in [-0.15, -0.1) is 0 Å². The van der Waals surface area contributed by atoms with Crippen LogP contribution < -0.4 is 10.1 Å². The Balaban J connectivity index is 1.94. The lowest BCUT2D eigenvalue weighted by Crippen LogP contribution is -2.40. The smallest absolute Gasteiger partial charge is 0.375 e. The number of hydrogen-bond donors (Lipinski definition) is 1. The molecule has 0 aliphatic rings. The fraction of sp³-hybridized carbons (Fsp3) is 0.333. The number of nitrogens with one attached hydrogen (secondary N) is 1. The third-order valence-electron chi connectivity index (χ3n) is 3.45. The van der Waals surface area contributed by atoms with Crippen molar-refractivity contribution in [1.82, 2.24) is 5.32 Å². The van der Waals surface area contributed by atoms with Crippen molar-refractivity contribution in [2.45, 2.75) is 26.5 Å². The molecule has 2 aromatic rings. The molecule has 0 bridgehead atoms. The highest BCUT2D eigenvalue weighted by molar-refractivity contribution is 5.90. The van der Waals surface area contributed by atoms with Crippen LogP contribution >= 0.6 is 0 Å². The van der Waals surface area contributed by atoms with E-state index in [4.69, 9.17) is 13.9 Å². The van der Waals surface area contributed by atoms with Crippen LogP contribution in [0.4, 0.5) is 0 Å². The molecule has 1 amide bonds. The van der Waals surface area contributed by atoms with E-state index >= 15 is 0 Å². The van der Waals surface area contributed by atoms with Crippen LogP contribution in [0.25, 0.3) is 0 Å². The van der Waals surface area contributed by atoms with Crippen molar-refractivity contribution >= 4 is 11.9 Å². The zero-order valence-electron chi connectivity index (χ0n) is 13.9. The fourth-order valence-corrected chi connectivity index (χ4v) is 2.09. The number of amides is 1. The maximum absolute atomic E-state index is 12.3. The first-order chi connectivity index (χ1) is 11.5. The Morgan fingerprint density at radius 2 is 1.88 bits per heavy atom. The standard InChI is InChI=1S/C18H21NO5/c1-12(2)16(24-18(21)15-5-4-10-23-15)17(20)19-11-13-6-8-14(22-3)9-7-13/h4-10,12,16H,11H2,1-3H3,(H,19,20). The van der Waals surface area contributed by atoms with E-state index in [1.54, 1.807) is 13.2 Å². The average molecular weight is 331 g/mol. The minimum atomic E-state index is -0.888. The lowest BCUT2D eigenvalue weighted by atomic mass is 10.1. The van der Waals surface area contributed by atoms with E-state index in [0.29, 0.717) is 6.54 Å². The summed E-state index contributed by atoms with van der Waals surface area (Å²) in [6.45, 7) is 3.96. The van der Waals surface area contributed by atoms with Gasteiger partial charge in [-0.05, 0) is 35.7 Å². The second-order valence-corrected chi connectivity index (χ2v) is 5.61. The maximum atomic E-state index is 12.3. The molecule has 2 rings (SSSR count). The van der Waals surface area contributed by atoms with Gasteiger partial charge in [0.2, 0.25) is 5.76 Å². The third-order valence-corrected chi connectivity index (χ3v) is 3.45. The number of hydrogen-bond acceptors (Lipinski definition) is 5. The number of ether oxygens (including phenoxy) is 2. The summed E-state index contributed by atoms with van der Waals surface area (Å²) in [4.78, 5) is 24.3. The van der Waals surface area contributed by atoms with E-state index < -0.39 is 12.1 Å². The van der Waals surface area contributed by atoms with E-state index in [9.17, 15) is 9.59 Å². The quantitative estimate of drug-likeness (QED) is 0.789. The average Bonchev–Trinajstić information content (AvgIpc) is 3.12. The van der Waals surface area contributed by atoms with Crippen molar-refractivity contribution in [3.8, 4) is 5.75 Å². The molecule has 1 aromatic heterocycles. The predicted octanol–water partition coefficient (Wildman–Crippen LogP) is 2.79. The van der Waals surface area contributed by atoms with Crippen LogP contribution in [0.1, 0.15) is 30.0 Å². The highest BCUT2D eigenvalue weighted by Gasteiger charge is 2.27. The fourth-order valence-electron chi connectivity index (χ4n) is 2.09. The molecule has 0 aliphatic heterocycles. The number of esters is 1. The number of rotatable bonds is 7. The highest BCUT2D eigenvalue weighted by atomic mass is 16.6. The van der Waals surface area contributed by atoms with Crippen molar-refractivity contribution in [1.29, 1.82) is 0 Å². The molecular weight excluding hydrogens is 310 g/mol. The van der Waals surface area contributed by atoms with Gasteiger partial charge >= 0.3 is 5.97 Å². The molecule has 0 spiro atoms.